The molecule has 2 aromatic rings. The lowest BCUT2D eigenvalue weighted by Gasteiger charge is -2.39. The summed E-state index contributed by atoms with van der Waals surface area (Å²) in [5.41, 5.74) is 1.01. The van der Waals surface area contributed by atoms with Crippen molar-refractivity contribution in [3.63, 3.8) is 0 Å². The first-order valence-electron chi connectivity index (χ1n) is 7.57. The van der Waals surface area contributed by atoms with Crippen molar-refractivity contribution in [2.45, 2.75) is 23.1 Å². The van der Waals surface area contributed by atoms with Crippen LogP contribution in [0.15, 0.2) is 32.5 Å². The van der Waals surface area contributed by atoms with Gasteiger partial charge in [0, 0.05) is 26.7 Å². The molecule has 24 heavy (non-hydrogen) atoms. The minimum atomic E-state index is -0.389. The van der Waals surface area contributed by atoms with Gasteiger partial charge in [0.1, 0.15) is 11.0 Å². The smallest absolute Gasteiger partial charge is 0.319 e. The van der Waals surface area contributed by atoms with Crippen molar-refractivity contribution in [1.29, 1.82) is 0 Å². The highest BCUT2D eigenvalue weighted by Gasteiger charge is 2.47. The van der Waals surface area contributed by atoms with Gasteiger partial charge in [-0.3, -0.25) is 9.59 Å². The number of nitrogens with one attached hydrogen (secondary N) is 1. The van der Waals surface area contributed by atoms with Crippen LogP contribution >= 0.6 is 39.0 Å². The van der Waals surface area contributed by atoms with E-state index in [-0.39, 0.29) is 27.9 Å². The van der Waals surface area contributed by atoms with Crippen LogP contribution in [0.4, 0.5) is 0 Å². The van der Waals surface area contributed by atoms with E-state index >= 15 is 0 Å². The lowest BCUT2D eigenvalue weighted by molar-refractivity contribution is -0.144. The Morgan fingerprint density at radius 3 is 3.12 bits per heavy atom. The van der Waals surface area contributed by atoms with E-state index in [1.807, 2.05) is 18.2 Å². The molecule has 8 heteroatoms. The number of fused-ring (bicyclic) bond motifs is 5. The third-order valence-corrected chi connectivity index (χ3v) is 7.18. The van der Waals surface area contributed by atoms with Crippen LogP contribution in [0.3, 0.4) is 0 Å². The number of aromatic nitrogens is 1. The third-order valence-electron chi connectivity index (χ3n) is 4.24. The van der Waals surface area contributed by atoms with Crippen LogP contribution in [-0.4, -0.2) is 29.4 Å². The summed E-state index contributed by atoms with van der Waals surface area (Å²) in [5, 5.41) is 0.386. The maximum absolute atomic E-state index is 12.5. The van der Waals surface area contributed by atoms with Gasteiger partial charge in [0.15, 0.2) is 0 Å². The molecule has 0 amide bonds. The van der Waals surface area contributed by atoms with Crippen molar-refractivity contribution >= 4 is 45.0 Å². The van der Waals surface area contributed by atoms with Gasteiger partial charge in [-0.2, -0.15) is 0 Å². The summed E-state index contributed by atoms with van der Waals surface area (Å²) in [6, 6.07) is 5.87. The number of hydrogen-bond donors (Lipinski definition) is 1. The van der Waals surface area contributed by atoms with E-state index in [0.29, 0.717) is 13.2 Å². The van der Waals surface area contributed by atoms with E-state index in [4.69, 9.17) is 9.47 Å². The number of ether oxygens (including phenoxy) is 2. The monoisotopic (exact) mass is 427 g/mol. The molecular weight excluding hydrogens is 414 g/mol. The molecule has 2 aliphatic heterocycles. The van der Waals surface area contributed by atoms with Gasteiger partial charge in [-0.15, -0.1) is 0 Å². The van der Waals surface area contributed by atoms with Crippen molar-refractivity contribution < 1.29 is 14.3 Å². The standard InChI is InChI=1S/C16H14BrNO4S2/c1-2-21-15(19)12-9-6-22-10-4-3-7(17)5-8(10)11(9)13-14(23-12)18-16(20)24-13/h3-5,9,11-12H,2,6H2,1H3,(H,18,20)/t9-,11-,12-/m1/s1. The first kappa shape index (κ1) is 16.2. The number of carbonyl (C=O) groups is 1. The molecule has 0 aliphatic carbocycles. The molecule has 4 rings (SSSR count). The van der Waals surface area contributed by atoms with Gasteiger partial charge < -0.3 is 14.5 Å². The van der Waals surface area contributed by atoms with Crippen molar-refractivity contribution in [2.75, 3.05) is 13.2 Å². The van der Waals surface area contributed by atoms with Gasteiger partial charge in [-0.25, -0.2) is 0 Å². The first-order chi connectivity index (χ1) is 11.6. The highest BCUT2D eigenvalue weighted by atomic mass is 79.9. The number of aromatic amines is 1. The second kappa shape index (κ2) is 6.24. The van der Waals surface area contributed by atoms with Crippen LogP contribution in [-0.2, 0) is 9.53 Å². The normalized spacial score (nSPS) is 24.3. The summed E-state index contributed by atoms with van der Waals surface area (Å²) in [6.45, 7) is 2.56. The number of esters is 1. The zero-order chi connectivity index (χ0) is 16.8. The topological polar surface area (TPSA) is 68.4 Å². The molecule has 126 valence electrons. The molecule has 0 bridgehead atoms. The summed E-state index contributed by atoms with van der Waals surface area (Å²) >= 11 is 6.10. The van der Waals surface area contributed by atoms with Crippen molar-refractivity contribution in [1.82, 2.24) is 4.98 Å². The molecule has 0 saturated heterocycles. The van der Waals surface area contributed by atoms with Gasteiger partial charge in [0.25, 0.3) is 0 Å². The van der Waals surface area contributed by atoms with Crippen LogP contribution < -0.4 is 9.61 Å². The zero-order valence-electron chi connectivity index (χ0n) is 12.7. The summed E-state index contributed by atoms with van der Waals surface area (Å²) in [7, 11) is 0. The van der Waals surface area contributed by atoms with Gasteiger partial charge in [-0.05, 0) is 25.1 Å². The maximum Gasteiger partial charge on any atom is 0.319 e. The highest BCUT2D eigenvalue weighted by molar-refractivity contribution is 9.10. The summed E-state index contributed by atoms with van der Waals surface area (Å²) < 4.78 is 12.1. The number of benzene rings is 1. The number of rotatable bonds is 2. The van der Waals surface area contributed by atoms with E-state index < -0.39 is 0 Å². The average Bonchev–Trinajstić information content (AvgIpc) is 2.93. The first-order valence-corrected chi connectivity index (χ1v) is 10.1. The molecule has 0 unspecified atom stereocenters. The fourth-order valence-corrected chi connectivity index (χ4v) is 6.15. The van der Waals surface area contributed by atoms with Gasteiger partial charge in [-0.1, -0.05) is 39.0 Å². The number of hydrogen-bond acceptors (Lipinski definition) is 6. The van der Waals surface area contributed by atoms with Gasteiger partial charge >= 0.3 is 10.8 Å². The van der Waals surface area contributed by atoms with Crippen LogP contribution in [0, 0.1) is 5.92 Å². The van der Waals surface area contributed by atoms with E-state index in [1.165, 1.54) is 23.1 Å². The van der Waals surface area contributed by atoms with Gasteiger partial charge in [0.05, 0.1) is 18.2 Å². The largest absolute Gasteiger partial charge is 0.493 e. The third kappa shape index (κ3) is 2.60. The molecule has 0 spiro atoms. The number of thiazole rings is 1. The van der Waals surface area contributed by atoms with E-state index in [1.54, 1.807) is 6.92 Å². The summed E-state index contributed by atoms with van der Waals surface area (Å²) in [5.74, 6) is 0.452. The molecule has 5 nitrogen and oxygen atoms in total. The predicted octanol–water partition coefficient (Wildman–Crippen LogP) is 3.38. The maximum atomic E-state index is 12.5. The Bertz CT molecular complexity index is 862. The Morgan fingerprint density at radius 2 is 2.33 bits per heavy atom. The molecule has 0 radical (unpaired) electrons. The van der Waals surface area contributed by atoms with Crippen LogP contribution in [0.1, 0.15) is 23.3 Å². The lowest BCUT2D eigenvalue weighted by Crippen LogP contribution is -2.41. The van der Waals surface area contributed by atoms with Gasteiger partial charge in [0.2, 0.25) is 0 Å². The average molecular weight is 428 g/mol. The molecule has 0 fully saturated rings. The predicted molar refractivity (Wildman–Crippen MR) is 96.2 cm³/mol. The Hall–Kier alpha value is -1.25. The molecule has 1 N–H and O–H groups in total. The van der Waals surface area contributed by atoms with Crippen LogP contribution in [0.25, 0.3) is 0 Å². The Balaban J connectivity index is 1.86. The Labute approximate surface area is 154 Å². The number of thioether (sulfide) groups is 1. The molecule has 3 heterocycles. The lowest BCUT2D eigenvalue weighted by atomic mass is 9.80. The molecule has 1 aromatic heterocycles. The van der Waals surface area contributed by atoms with Crippen molar-refractivity contribution in [3.05, 3.63) is 42.8 Å². The Kier molecular flexibility index (Phi) is 4.22. The Morgan fingerprint density at radius 1 is 1.50 bits per heavy atom. The number of carbonyl (C=O) groups excluding carboxylic acids is 1. The minimum absolute atomic E-state index is 0.0409. The van der Waals surface area contributed by atoms with E-state index in [9.17, 15) is 9.59 Å². The minimum Gasteiger partial charge on any atom is -0.493 e. The summed E-state index contributed by atoms with van der Waals surface area (Å²) in [4.78, 5) is 28.1. The highest BCUT2D eigenvalue weighted by Crippen LogP contribution is 2.53. The van der Waals surface area contributed by atoms with Crippen LogP contribution in [0.5, 0.6) is 5.75 Å². The molecule has 0 saturated carbocycles. The molecule has 3 atom stereocenters. The summed E-state index contributed by atoms with van der Waals surface area (Å²) in [6.07, 6.45) is 0. The second-order valence-corrected chi connectivity index (χ2v) is 8.72. The quantitative estimate of drug-likeness (QED) is 0.743. The molecule has 2 aliphatic rings. The zero-order valence-corrected chi connectivity index (χ0v) is 15.9. The van der Waals surface area contributed by atoms with E-state index in [0.717, 1.165) is 25.7 Å². The second-order valence-electron chi connectivity index (χ2n) is 5.63. The number of halogens is 1. The SMILES string of the molecule is CCOC(=O)[C@@H]1Sc2[nH]c(=O)sc2[C@@H]2c3cc(Br)ccc3OC[C@H]21. The van der Waals surface area contributed by atoms with Crippen molar-refractivity contribution in [2.24, 2.45) is 5.92 Å². The fraction of sp³-hybridized carbons (Fsp3) is 0.375. The van der Waals surface area contributed by atoms with Crippen LogP contribution in [0.2, 0.25) is 0 Å². The fourth-order valence-electron chi connectivity index (χ4n) is 3.28. The number of H-pyrrole nitrogens is 1. The molecule has 1 aromatic carbocycles. The van der Waals surface area contributed by atoms with E-state index in [2.05, 4.69) is 20.9 Å². The van der Waals surface area contributed by atoms with Crippen molar-refractivity contribution in [3.8, 4) is 5.75 Å². The molecular formula is C16H14BrNO4S2.